The van der Waals surface area contributed by atoms with Crippen LogP contribution < -0.4 is 25.0 Å². The van der Waals surface area contributed by atoms with Crippen LogP contribution in [0.15, 0.2) is 47.6 Å². The first-order valence-electron chi connectivity index (χ1n) is 8.22. The van der Waals surface area contributed by atoms with Crippen LogP contribution in [-0.4, -0.2) is 31.4 Å². The molecule has 1 aliphatic rings. The summed E-state index contributed by atoms with van der Waals surface area (Å²) in [7, 11) is 1.55. The number of carbonyl (C=O) groups excluding carboxylic acids is 2. The van der Waals surface area contributed by atoms with Crippen LogP contribution in [0, 0.1) is 0 Å². The SMILES string of the molecule is COc1ccc(C(=O)N/N=C(\C)CC(=O)Nc2ccc3c(c2)OCO3)cc1. The van der Waals surface area contributed by atoms with E-state index in [0.717, 1.165) is 0 Å². The highest BCUT2D eigenvalue weighted by Gasteiger charge is 2.14. The zero-order valence-electron chi connectivity index (χ0n) is 14.9. The largest absolute Gasteiger partial charge is 0.497 e. The quantitative estimate of drug-likeness (QED) is 0.602. The van der Waals surface area contributed by atoms with Gasteiger partial charge in [0.25, 0.3) is 5.91 Å². The second-order valence-electron chi connectivity index (χ2n) is 5.81. The Kier molecular flexibility index (Phi) is 5.55. The van der Waals surface area contributed by atoms with Crippen molar-refractivity contribution in [3.05, 3.63) is 48.0 Å². The second kappa shape index (κ2) is 8.22. The number of nitrogens with one attached hydrogen (secondary N) is 2. The molecule has 0 aromatic heterocycles. The zero-order valence-corrected chi connectivity index (χ0v) is 14.9. The van der Waals surface area contributed by atoms with Gasteiger partial charge in [-0.2, -0.15) is 5.10 Å². The normalized spacial score (nSPS) is 12.4. The number of methoxy groups -OCH3 is 1. The fourth-order valence-electron chi connectivity index (χ4n) is 2.40. The molecular formula is C19H19N3O5. The lowest BCUT2D eigenvalue weighted by molar-refractivity contribution is -0.115. The van der Waals surface area contributed by atoms with Crippen molar-refractivity contribution < 1.29 is 23.8 Å². The molecular weight excluding hydrogens is 350 g/mol. The lowest BCUT2D eigenvalue weighted by Crippen LogP contribution is -2.21. The van der Waals surface area contributed by atoms with E-state index < -0.39 is 0 Å². The van der Waals surface area contributed by atoms with Crippen LogP contribution in [0.25, 0.3) is 0 Å². The molecule has 0 bridgehead atoms. The molecule has 1 aliphatic heterocycles. The first kappa shape index (κ1) is 18.2. The van der Waals surface area contributed by atoms with Crippen molar-refractivity contribution >= 4 is 23.2 Å². The molecule has 140 valence electrons. The summed E-state index contributed by atoms with van der Waals surface area (Å²) in [6.45, 7) is 1.83. The molecule has 0 fully saturated rings. The average Bonchev–Trinajstić information content (AvgIpc) is 3.14. The number of hydrogen-bond acceptors (Lipinski definition) is 6. The smallest absolute Gasteiger partial charge is 0.271 e. The summed E-state index contributed by atoms with van der Waals surface area (Å²) in [6.07, 6.45) is 0.0390. The van der Waals surface area contributed by atoms with Gasteiger partial charge >= 0.3 is 0 Å². The van der Waals surface area contributed by atoms with Crippen LogP contribution >= 0.6 is 0 Å². The molecule has 0 radical (unpaired) electrons. The van der Waals surface area contributed by atoms with Gasteiger partial charge in [-0.05, 0) is 43.3 Å². The summed E-state index contributed by atoms with van der Waals surface area (Å²) in [6, 6.07) is 11.8. The van der Waals surface area contributed by atoms with E-state index in [1.54, 1.807) is 56.5 Å². The Bertz CT molecular complexity index is 877. The predicted octanol–water partition coefficient (Wildman–Crippen LogP) is 2.56. The van der Waals surface area contributed by atoms with E-state index in [1.165, 1.54) is 0 Å². The molecule has 2 N–H and O–H groups in total. The first-order chi connectivity index (χ1) is 13.0. The van der Waals surface area contributed by atoms with Gasteiger partial charge in [0.2, 0.25) is 12.7 Å². The van der Waals surface area contributed by atoms with E-state index >= 15 is 0 Å². The molecule has 2 amide bonds. The van der Waals surface area contributed by atoms with E-state index in [2.05, 4.69) is 15.8 Å². The summed E-state index contributed by atoms with van der Waals surface area (Å²) < 4.78 is 15.5. The van der Waals surface area contributed by atoms with Gasteiger partial charge < -0.3 is 19.5 Å². The van der Waals surface area contributed by atoms with Gasteiger partial charge in [-0.25, -0.2) is 5.43 Å². The Morgan fingerprint density at radius 2 is 1.85 bits per heavy atom. The van der Waals surface area contributed by atoms with Crippen molar-refractivity contribution in [2.24, 2.45) is 5.10 Å². The minimum absolute atomic E-state index is 0.0390. The number of hydrazone groups is 1. The number of anilines is 1. The Hall–Kier alpha value is -3.55. The van der Waals surface area contributed by atoms with Crippen LogP contribution in [0.1, 0.15) is 23.7 Å². The van der Waals surface area contributed by atoms with Crippen molar-refractivity contribution in [2.75, 3.05) is 19.2 Å². The van der Waals surface area contributed by atoms with E-state index in [9.17, 15) is 9.59 Å². The maximum Gasteiger partial charge on any atom is 0.271 e. The zero-order chi connectivity index (χ0) is 19.2. The van der Waals surface area contributed by atoms with Crippen molar-refractivity contribution in [3.8, 4) is 17.2 Å². The first-order valence-corrected chi connectivity index (χ1v) is 8.22. The molecule has 2 aromatic rings. The molecule has 8 nitrogen and oxygen atoms in total. The highest BCUT2D eigenvalue weighted by molar-refractivity contribution is 6.06. The van der Waals surface area contributed by atoms with Crippen molar-refractivity contribution in [1.29, 1.82) is 0 Å². The topological polar surface area (TPSA) is 98.2 Å². The van der Waals surface area contributed by atoms with Crippen LogP contribution in [0.3, 0.4) is 0 Å². The number of fused-ring (bicyclic) bond motifs is 1. The van der Waals surface area contributed by atoms with Gasteiger partial charge in [0, 0.05) is 23.0 Å². The molecule has 3 rings (SSSR count). The molecule has 1 heterocycles. The second-order valence-corrected chi connectivity index (χ2v) is 5.81. The van der Waals surface area contributed by atoms with Gasteiger partial charge in [0.15, 0.2) is 11.5 Å². The van der Waals surface area contributed by atoms with Crippen molar-refractivity contribution in [3.63, 3.8) is 0 Å². The van der Waals surface area contributed by atoms with Crippen LogP contribution in [0.2, 0.25) is 0 Å². The predicted molar refractivity (Wildman–Crippen MR) is 99.4 cm³/mol. The Labute approximate surface area is 156 Å². The highest BCUT2D eigenvalue weighted by Crippen LogP contribution is 2.34. The number of benzene rings is 2. The number of nitrogens with zero attached hydrogens (tertiary/aromatic N) is 1. The number of hydrogen-bond donors (Lipinski definition) is 2. The fraction of sp³-hybridized carbons (Fsp3) is 0.211. The highest BCUT2D eigenvalue weighted by atomic mass is 16.7. The van der Waals surface area contributed by atoms with E-state index in [0.29, 0.717) is 34.2 Å². The maximum absolute atomic E-state index is 12.1. The van der Waals surface area contributed by atoms with E-state index in [4.69, 9.17) is 14.2 Å². The summed E-state index contributed by atoms with van der Waals surface area (Å²) in [5.41, 5.74) is 3.94. The average molecular weight is 369 g/mol. The molecule has 0 unspecified atom stereocenters. The van der Waals surface area contributed by atoms with Gasteiger partial charge in [-0.15, -0.1) is 0 Å². The minimum atomic E-state index is -0.367. The molecule has 0 spiro atoms. The minimum Gasteiger partial charge on any atom is -0.497 e. The number of amides is 2. The third kappa shape index (κ3) is 4.75. The van der Waals surface area contributed by atoms with Crippen LogP contribution in [0.4, 0.5) is 5.69 Å². The van der Waals surface area contributed by atoms with Crippen LogP contribution in [0.5, 0.6) is 17.2 Å². The van der Waals surface area contributed by atoms with E-state index in [1.807, 2.05) is 0 Å². The summed E-state index contributed by atoms with van der Waals surface area (Å²) in [5, 5.41) is 6.72. The summed E-state index contributed by atoms with van der Waals surface area (Å²) in [5.74, 6) is 1.27. The molecule has 27 heavy (non-hydrogen) atoms. The molecule has 0 atom stereocenters. The molecule has 0 saturated carbocycles. The lowest BCUT2D eigenvalue weighted by atomic mass is 10.2. The third-order valence-electron chi connectivity index (χ3n) is 3.77. The Morgan fingerprint density at radius 1 is 1.11 bits per heavy atom. The van der Waals surface area contributed by atoms with Crippen molar-refractivity contribution in [1.82, 2.24) is 5.43 Å². The summed E-state index contributed by atoms with van der Waals surface area (Å²) >= 11 is 0. The molecule has 2 aromatic carbocycles. The number of ether oxygens (including phenoxy) is 3. The van der Waals surface area contributed by atoms with E-state index in [-0.39, 0.29) is 25.0 Å². The maximum atomic E-state index is 12.1. The van der Waals surface area contributed by atoms with Gasteiger partial charge in [0.1, 0.15) is 5.75 Å². The summed E-state index contributed by atoms with van der Waals surface area (Å²) in [4.78, 5) is 24.2. The van der Waals surface area contributed by atoms with Gasteiger partial charge in [-0.3, -0.25) is 9.59 Å². The standard InChI is InChI=1S/C19H19N3O5/c1-12(21-22-19(24)13-3-6-15(25-2)7-4-13)9-18(23)20-14-5-8-16-17(10-14)27-11-26-16/h3-8,10H,9,11H2,1-2H3,(H,20,23)(H,22,24)/b21-12+. The molecule has 0 saturated heterocycles. The monoisotopic (exact) mass is 369 g/mol. The fourth-order valence-corrected chi connectivity index (χ4v) is 2.40. The Morgan fingerprint density at radius 3 is 2.59 bits per heavy atom. The van der Waals surface area contributed by atoms with Crippen molar-refractivity contribution in [2.45, 2.75) is 13.3 Å². The third-order valence-corrected chi connectivity index (χ3v) is 3.77. The van der Waals surface area contributed by atoms with Gasteiger partial charge in [0.05, 0.1) is 13.5 Å². The number of rotatable bonds is 6. The Balaban J connectivity index is 1.51. The molecule has 0 aliphatic carbocycles. The van der Waals surface area contributed by atoms with Gasteiger partial charge in [-0.1, -0.05) is 0 Å². The number of carbonyl (C=O) groups is 2. The lowest BCUT2D eigenvalue weighted by Gasteiger charge is -2.07. The molecule has 8 heteroatoms. The van der Waals surface area contributed by atoms with Crippen LogP contribution in [-0.2, 0) is 4.79 Å².